The maximum atomic E-state index is 11.9. The third kappa shape index (κ3) is 4.19. The van der Waals surface area contributed by atoms with E-state index in [0.29, 0.717) is 13.1 Å². The van der Waals surface area contributed by atoms with Gasteiger partial charge in [-0.3, -0.25) is 0 Å². The number of hydroxylamine groups is 2. The van der Waals surface area contributed by atoms with Gasteiger partial charge in [-0.1, -0.05) is 12.1 Å². The van der Waals surface area contributed by atoms with Crippen LogP contribution in [0.15, 0.2) is 24.3 Å². The van der Waals surface area contributed by atoms with Crippen molar-refractivity contribution in [2.24, 2.45) is 5.41 Å². The number of hydrogen-bond acceptors (Lipinski definition) is 5. The Balaban J connectivity index is 1.89. The van der Waals surface area contributed by atoms with Crippen molar-refractivity contribution in [1.29, 1.82) is 0 Å². The Morgan fingerprint density at radius 1 is 1.24 bits per heavy atom. The van der Waals surface area contributed by atoms with Crippen LogP contribution in [0.3, 0.4) is 0 Å². The van der Waals surface area contributed by atoms with Crippen molar-refractivity contribution in [3.05, 3.63) is 29.8 Å². The molecule has 0 aliphatic carbocycles. The molecule has 1 aromatic rings. The number of carbonyl (C=O) groups is 1. The van der Waals surface area contributed by atoms with Gasteiger partial charge in [-0.15, -0.1) is 5.06 Å². The predicted octanol–water partition coefficient (Wildman–Crippen LogP) is 1.81. The van der Waals surface area contributed by atoms with Gasteiger partial charge in [-0.2, -0.15) is 0 Å². The number of hydrogen-bond donors (Lipinski definition) is 1. The molecular weight excluding hydrogens is 268 g/mol. The molecule has 5 nitrogen and oxygen atoms in total. The summed E-state index contributed by atoms with van der Waals surface area (Å²) in [7, 11) is 0. The van der Waals surface area contributed by atoms with E-state index >= 15 is 0 Å². The molecule has 2 rings (SSSR count). The Hall–Kier alpha value is -1.59. The average molecular weight is 292 g/mol. The van der Waals surface area contributed by atoms with E-state index in [9.17, 15) is 9.90 Å². The fraction of sp³-hybridized carbons (Fsp3) is 0.562. The van der Waals surface area contributed by atoms with E-state index in [4.69, 9.17) is 4.84 Å². The van der Waals surface area contributed by atoms with Crippen LogP contribution in [0.1, 0.15) is 26.3 Å². The van der Waals surface area contributed by atoms with Crippen LogP contribution in [0.2, 0.25) is 0 Å². The molecule has 1 fully saturated rings. The van der Waals surface area contributed by atoms with Gasteiger partial charge in [0.15, 0.2) is 0 Å². The second-order valence-electron chi connectivity index (χ2n) is 6.37. The highest BCUT2D eigenvalue weighted by Gasteiger charge is 2.27. The van der Waals surface area contributed by atoms with Crippen LogP contribution in [0.5, 0.6) is 0 Å². The van der Waals surface area contributed by atoms with Crippen molar-refractivity contribution in [2.75, 3.05) is 31.1 Å². The SMILES string of the molecule is CC(C)(C)C(=O)ON1CCN(c2cccc(CO)c2)CC1. The first-order chi connectivity index (χ1) is 9.90. The van der Waals surface area contributed by atoms with Gasteiger partial charge in [0.05, 0.1) is 25.1 Å². The lowest BCUT2D eigenvalue weighted by molar-refractivity contribution is -0.201. The minimum atomic E-state index is -0.480. The summed E-state index contributed by atoms with van der Waals surface area (Å²) in [5.74, 6) is -0.196. The average Bonchev–Trinajstić information content (AvgIpc) is 2.47. The largest absolute Gasteiger partial charge is 0.392 e. The van der Waals surface area contributed by atoms with Gasteiger partial charge in [0, 0.05) is 18.8 Å². The lowest BCUT2D eigenvalue weighted by Gasteiger charge is -2.35. The summed E-state index contributed by atoms with van der Waals surface area (Å²) < 4.78 is 0. The third-order valence-corrected chi connectivity index (χ3v) is 3.52. The summed E-state index contributed by atoms with van der Waals surface area (Å²) in [6.07, 6.45) is 0. The fourth-order valence-electron chi connectivity index (χ4n) is 2.14. The van der Waals surface area contributed by atoms with Gasteiger partial charge >= 0.3 is 5.97 Å². The van der Waals surface area contributed by atoms with E-state index < -0.39 is 5.41 Å². The normalized spacial score (nSPS) is 16.9. The first-order valence-corrected chi connectivity index (χ1v) is 7.32. The number of rotatable bonds is 3. The predicted molar refractivity (Wildman–Crippen MR) is 81.7 cm³/mol. The van der Waals surface area contributed by atoms with Gasteiger partial charge in [-0.05, 0) is 38.5 Å². The number of carbonyl (C=O) groups excluding carboxylic acids is 1. The lowest BCUT2D eigenvalue weighted by atomic mass is 9.98. The highest BCUT2D eigenvalue weighted by Crippen LogP contribution is 2.20. The number of piperazine rings is 1. The minimum absolute atomic E-state index is 0.0526. The molecule has 0 spiro atoms. The van der Waals surface area contributed by atoms with Crippen LogP contribution in [-0.2, 0) is 16.2 Å². The highest BCUT2D eigenvalue weighted by atomic mass is 16.7. The highest BCUT2D eigenvalue weighted by molar-refractivity contribution is 5.75. The quantitative estimate of drug-likeness (QED) is 0.921. The lowest BCUT2D eigenvalue weighted by Crippen LogP contribution is -2.48. The Morgan fingerprint density at radius 2 is 1.90 bits per heavy atom. The number of nitrogens with zero attached hydrogens (tertiary/aromatic N) is 2. The van der Waals surface area contributed by atoms with Crippen molar-refractivity contribution < 1.29 is 14.7 Å². The molecular formula is C16H24N2O3. The zero-order chi connectivity index (χ0) is 15.5. The summed E-state index contributed by atoms with van der Waals surface area (Å²) in [5, 5.41) is 10.9. The zero-order valence-electron chi connectivity index (χ0n) is 13.0. The van der Waals surface area contributed by atoms with Crippen molar-refractivity contribution in [3.63, 3.8) is 0 Å². The molecule has 0 radical (unpaired) electrons. The van der Waals surface area contributed by atoms with E-state index in [-0.39, 0.29) is 12.6 Å². The second kappa shape index (κ2) is 6.45. The van der Waals surface area contributed by atoms with E-state index in [2.05, 4.69) is 4.90 Å². The van der Waals surface area contributed by atoms with Crippen LogP contribution < -0.4 is 4.90 Å². The molecule has 0 unspecified atom stereocenters. The first-order valence-electron chi connectivity index (χ1n) is 7.32. The molecule has 5 heteroatoms. The first kappa shape index (κ1) is 15.8. The topological polar surface area (TPSA) is 53.0 Å². The van der Waals surface area contributed by atoms with Gasteiger partial charge in [0.1, 0.15) is 0 Å². The summed E-state index contributed by atoms with van der Waals surface area (Å²) in [5.41, 5.74) is 1.53. The molecule has 1 aliphatic heterocycles. The van der Waals surface area contributed by atoms with Crippen LogP contribution >= 0.6 is 0 Å². The second-order valence-corrected chi connectivity index (χ2v) is 6.37. The monoisotopic (exact) mass is 292 g/mol. The Bertz CT molecular complexity index is 489. The fourth-order valence-corrected chi connectivity index (χ4v) is 2.14. The molecule has 0 atom stereocenters. The molecule has 21 heavy (non-hydrogen) atoms. The van der Waals surface area contributed by atoms with Crippen LogP contribution in [0.4, 0.5) is 5.69 Å². The molecule has 0 aromatic heterocycles. The Labute approximate surface area is 126 Å². The van der Waals surface area contributed by atoms with Crippen molar-refractivity contribution in [2.45, 2.75) is 27.4 Å². The van der Waals surface area contributed by atoms with Crippen molar-refractivity contribution in [3.8, 4) is 0 Å². The summed E-state index contributed by atoms with van der Waals surface area (Å²) in [6.45, 7) is 8.58. The Morgan fingerprint density at radius 3 is 2.48 bits per heavy atom. The summed E-state index contributed by atoms with van der Waals surface area (Å²) in [6, 6.07) is 7.89. The smallest absolute Gasteiger partial charge is 0.330 e. The molecule has 116 valence electrons. The maximum absolute atomic E-state index is 11.9. The molecule has 1 aliphatic rings. The van der Waals surface area contributed by atoms with Gasteiger partial charge in [0.2, 0.25) is 0 Å². The zero-order valence-corrected chi connectivity index (χ0v) is 13.0. The van der Waals surface area contributed by atoms with Gasteiger partial charge in [-0.25, -0.2) is 4.79 Å². The van der Waals surface area contributed by atoms with Crippen LogP contribution in [-0.4, -0.2) is 42.3 Å². The van der Waals surface area contributed by atoms with Crippen molar-refractivity contribution in [1.82, 2.24) is 5.06 Å². The molecule has 1 N–H and O–H groups in total. The van der Waals surface area contributed by atoms with Crippen LogP contribution in [0.25, 0.3) is 0 Å². The maximum Gasteiger partial charge on any atom is 0.330 e. The van der Waals surface area contributed by atoms with Crippen LogP contribution in [0, 0.1) is 5.41 Å². The van der Waals surface area contributed by atoms with Gasteiger partial charge in [0.25, 0.3) is 0 Å². The number of benzene rings is 1. The molecule has 1 aromatic carbocycles. The number of aliphatic hydroxyl groups excluding tert-OH is 1. The summed E-state index contributed by atoms with van der Waals surface area (Å²) >= 11 is 0. The minimum Gasteiger partial charge on any atom is -0.392 e. The van der Waals surface area contributed by atoms with E-state index in [1.165, 1.54) is 0 Å². The number of anilines is 1. The molecule has 0 bridgehead atoms. The number of aliphatic hydroxyl groups is 1. The molecule has 1 saturated heterocycles. The third-order valence-electron chi connectivity index (χ3n) is 3.52. The molecule has 1 heterocycles. The van der Waals surface area contributed by atoms with E-state index in [1.54, 1.807) is 5.06 Å². The Kier molecular flexibility index (Phi) is 4.85. The van der Waals surface area contributed by atoms with Crippen molar-refractivity contribution >= 4 is 11.7 Å². The summed E-state index contributed by atoms with van der Waals surface area (Å²) in [4.78, 5) is 19.5. The standard InChI is InChI=1S/C16H24N2O3/c1-16(2,3)15(20)21-18-9-7-17(8-10-18)14-6-4-5-13(11-14)12-19/h4-6,11,19H,7-10,12H2,1-3H3. The van der Waals surface area contributed by atoms with E-state index in [1.807, 2.05) is 45.0 Å². The molecule has 0 amide bonds. The molecule has 0 saturated carbocycles. The van der Waals surface area contributed by atoms with Gasteiger partial charge < -0.3 is 14.8 Å². The van der Waals surface area contributed by atoms with E-state index in [0.717, 1.165) is 24.3 Å².